The minimum atomic E-state index is -3.24. The third-order valence-corrected chi connectivity index (χ3v) is 8.00. The molecule has 0 aromatic rings. The van der Waals surface area contributed by atoms with Crippen LogP contribution in [0.1, 0.15) is 27.2 Å². The van der Waals surface area contributed by atoms with Gasteiger partial charge in [-0.2, -0.15) is 4.90 Å². The van der Waals surface area contributed by atoms with Crippen LogP contribution in [0.4, 0.5) is 4.79 Å². The Labute approximate surface area is 171 Å². The second-order valence-electron chi connectivity index (χ2n) is 8.33. The van der Waals surface area contributed by atoms with Gasteiger partial charge in [-0.15, -0.1) is 0 Å². The predicted octanol–water partition coefficient (Wildman–Crippen LogP) is 0.127. The van der Waals surface area contributed by atoms with Crippen molar-refractivity contribution in [1.29, 1.82) is 0 Å². The van der Waals surface area contributed by atoms with Crippen molar-refractivity contribution in [3.63, 3.8) is 0 Å². The molecule has 1 atom stereocenters. The van der Waals surface area contributed by atoms with Crippen molar-refractivity contribution in [1.82, 2.24) is 14.7 Å². The van der Waals surface area contributed by atoms with Gasteiger partial charge >= 0.3 is 6.03 Å². The first-order valence-corrected chi connectivity index (χ1v) is 11.6. The number of amides is 4. The summed E-state index contributed by atoms with van der Waals surface area (Å²) in [5.74, 6) is -0.709. The average molecular weight is 426 g/mol. The standard InChI is InChI=1S/C19H29N4O5S/c1-6-7-23-15(8-14-16(23)20(4)19(26)21(5)17(14)24)18(25)22-9-13(10-22)29(27,28)11-12(2)3/h8,12-14H,6-7,9-11H2,1-5H3/q+1. The van der Waals surface area contributed by atoms with Crippen molar-refractivity contribution in [2.24, 2.45) is 11.8 Å². The molecule has 0 bridgehead atoms. The lowest BCUT2D eigenvalue weighted by Crippen LogP contribution is -2.59. The zero-order valence-corrected chi connectivity index (χ0v) is 18.4. The summed E-state index contributed by atoms with van der Waals surface area (Å²) in [6.07, 6.45) is 2.32. The molecular weight excluding hydrogens is 396 g/mol. The maximum absolute atomic E-state index is 13.1. The molecule has 3 heterocycles. The quantitative estimate of drug-likeness (QED) is 0.563. The molecule has 9 nitrogen and oxygen atoms in total. The van der Waals surface area contributed by atoms with Gasteiger partial charge in [0.2, 0.25) is 0 Å². The Morgan fingerprint density at radius 2 is 1.83 bits per heavy atom. The van der Waals surface area contributed by atoms with Gasteiger partial charge in [0.05, 0.1) is 24.6 Å². The van der Waals surface area contributed by atoms with Gasteiger partial charge in [0.15, 0.2) is 21.5 Å². The Balaban J connectivity index is 1.84. The van der Waals surface area contributed by atoms with Gasteiger partial charge in [0.25, 0.3) is 17.6 Å². The van der Waals surface area contributed by atoms with Crippen LogP contribution in [-0.4, -0.2) is 96.1 Å². The van der Waals surface area contributed by atoms with Gasteiger partial charge in [-0.25, -0.2) is 22.7 Å². The molecule has 2 fully saturated rings. The molecule has 29 heavy (non-hydrogen) atoms. The summed E-state index contributed by atoms with van der Waals surface area (Å²) in [7, 11) is -0.216. The lowest BCUT2D eigenvalue weighted by Gasteiger charge is -2.38. The van der Waals surface area contributed by atoms with Crippen molar-refractivity contribution >= 4 is 33.5 Å². The fourth-order valence-corrected chi connectivity index (χ4v) is 6.07. The Kier molecular flexibility index (Phi) is 5.59. The first kappa shape index (κ1) is 21.5. The van der Waals surface area contributed by atoms with Crippen LogP contribution in [0.25, 0.3) is 0 Å². The Bertz CT molecular complexity index is 915. The molecule has 0 aromatic carbocycles. The average Bonchev–Trinajstić information content (AvgIpc) is 2.95. The monoisotopic (exact) mass is 425 g/mol. The van der Waals surface area contributed by atoms with Crippen molar-refractivity contribution in [3.05, 3.63) is 11.8 Å². The molecule has 0 aromatic heterocycles. The first-order chi connectivity index (χ1) is 13.5. The number of carbonyl (C=O) groups is 3. The molecule has 4 amide bonds. The number of urea groups is 1. The fraction of sp³-hybridized carbons (Fsp3) is 0.684. The maximum atomic E-state index is 13.1. The summed E-state index contributed by atoms with van der Waals surface area (Å²) < 4.78 is 26.5. The van der Waals surface area contributed by atoms with Gasteiger partial charge in [0.1, 0.15) is 0 Å². The summed E-state index contributed by atoms with van der Waals surface area (Å²) >= 11 is 0. The van der Waals surface area contributed by atoms with Crippen LogP contribution in [0.2, 0.25) is 0 Å². The first-order valence-electron chi connectivity index (χ1n) is 9.91. The van der Waals surface area contributed by atoms with Crippen molar-refractivity contribution in [2.45, 2.75) is 32.4 Å². The number of nitrogens with zero attached hydrogens (tertiary/aromatic N) is 4. The normalized spacial score (nSPS) is 23.0. The van der Waals surface area contributed by atoms with E-state index in [-0.39, 0.29) is 36.6 Å². The van der Waals surface area contributed by atoms with Gasteiger partial charge < -0.3 is 4.90 Å². The highest BCUT2D eigenvalue weighted by molar-refractivity contribution is 7.92. The zero-order valence-electron chi connectivity index (χ0n) is 17.6. The van der Waals surface area contributed by atoms with E-state index < -0.39 is 27.0 Å². The van der Waals surface area contributed by atoms with Gasteiger partial charge in [-0.1, -0.05) is 20.8 Å². The fourth-order valence-electron chi connectivity index (χ4n) is 4.05. The Hall–Kier alpha value is -2.23. The molecule has 0 spiro atoms. The summed E-state index contributed by atoms with van der Waals surface area (Å²) in [6, 6.07) is -0.437. The molecule has 3 aliphatic heterocycles. The number of likely N-dealkylation sites (tertiary alicyclic amines) is 1. The van der Waals surface area contributed by atoms with Crippen LogP contribution >= 0.6 is 0 Å². The second-order valence-corrected chi connectivity index (χ2v) is 10.7. The minimum absolute atomic E-state index is 0.0398. The van der Waals surface area contributed by atoms with Crippen molar-refractivity contribution in [2.75, 3.05) is 39.5 Å². The molecule has 0 radical (unpaired) electrons. The molecule has 10 heteroatoms. The van der Waals surface area contributed by atoms with Gasteiger partial charge in [0, 0.05) is 20.1 Å². The molecular formula is C19H29N4O5S+. The topological polar surface area (TPSA) is 98.1 Å². The molecule has 3 rings (SSSR count). The van der Waals surface area contributed by atoms with E-state index in [0.29, 0.717) is 18.1 Å². The van der Waals surface area contributed by atoms with Crippen LogP contribution in [-0.2, 0) is 19.4 Å². The second kappa shape index (κ2) is 7.55. The van der Waals surface area contributed by atoms with Crippen LogP contribution in [0.3, 0.4) is 0 Å². The summed E-state index contributed by atoms with van der Waals surface area (Å²) in [6.45, 7) is 6.47. The van der Waals surface area contributed by atoms with Gasteiger partial charge in [-0.3, -0.25) is 9.59 Å². The number of imide groups is 1. The maximum Gasteiger partial charge on any atom is 0.417 e. The minimum Gasteiger partial charge on any atom is -0.333 e. The molecule has 2 saturated heterocycles. The van der Waals surface area contributed by atoms with E-state index in [1.54, 1.807) is 17.7 Å². The molecule has 0 N–H and O–H groups in total. The van der Waals surface area contributed by atoms with E-state index in [4.69, 9.17) is 0 Å². The zero-order chi connectivity index (χ0) is 21.7. The van der Waals surface area contributed by atoms with Crippen molar-refractivity contribution in [3.8, 4) is 0 Å². The number of hydrogen-bond acceptors (Lipinski definition) is 5. The Morgan fingerprint density at radius 3 is 2.38 bits per heavy atom. The van der Waals surface area contributed by atoms with Crippen molar-refractivity contribution < 1.29 is 27.4 Å². The molecule has 0 aliphatic carbocycles. The SMILES string of the molecule is CCC[N+]1=C2C(C=C1C(=O)N1CC(S(=O)(=O)CC(C)C)C1)C(=O)N(C)C(=O)N2C. The lowest BCUT2D eigenvalue weighted by atomic mass is 10.0. The van der Waals surface area contributed by atoms with Crippen LogP contribution in [0.5, 0.6) is 0 Å². The summed E-state index contributed by atoms with van der Waals surface area (Å²) in [5, 5.41) is -0.539. The van der Waals surface area contributed by atoms with E-state index in [9.17, 15) is 22.8 Å². The number of fused-ring (bicyclic) bond motifs is 1. The van der Waals surface area contributed by atoms with Gasteiger partial charge in [-0.05, 0) is 18.4 Å². The third-order valence-electron chi connectivity index (χ3n) is 5.56. The third kappa shape index (κ3) is 3.58. The number of carbonyl (C=O) groups excluding carboxylic acids is 3. The number of sulfone groups is 1. The predicted molar refractivity (Wildman–Crippen MR) is 107 cm³/mol. The van der Waals surface area contributed by atoms with E-state index in [1.165, 1.54) is 16.8 Å². The van der Waals surface area contributed by atoms with Crippen LogP contribution in [0.15, 0.2) is 11.8 Å². The molecule has 1 unspecified atom stereocenters. The van der Waals surface area contributed by atoms with E-state index in [1.807, 2.05) is 20.8 Å². The summed E-state index contributed by atoms with van der Waals surface area (Å²) in [4.78, 5) is 42.0. The van der Waals surface area contributed by atoms with Crippen LogP contribution in [0, 0.1) is 11.8 Å². The highest BCUT2D eigenvalue weighted by Crippen LogP contribution is 2.29. The highest BCUT2D eigenvalue weighted by atomic mass is 32.2. The molecule has 3 aliphatic rings. The molecule has 0 saturated carbocycles. The number of hydrogen-bond donors (Lipinski definition) is 0. The van der Waals surface area contributed by atoms with E-state index in [0.717, 1.165) is 11.3 Å². The van der Waals surface area contributed by atoms with E-state index in [2.05, 4.69) is 0 Å². The summed E-state index contributed by atoms with van der Waals surface area (Å²) in [5.41, 5.74) is 0.342. The largest absolute Gasteiger partial charge is 0.417 e. The number of rotatable bonds is 6. The smallest absolute Gasteiger partial charge is 0.333 e. The lowest BCUT2D eigenvalue weighted by molar-refractivity contribution is -0.474. The highest BCUT2D eigenvalue weighted by Gasteiger charge is 2.53. The van der Waals surface area contributed by atoms with E-state index >= 15 is 0 Å². The Morgan fingerprint density at radius 1 is 1.21 bits per heavy atom. The van der Waals surface area contributed by atoms with Crippen LogP contribution < -0.4 is 0 Å². The molecule has 160 valence electrons. The number of amidine groups is 1.